The van der Waals surface area contributed by atoms with E-state index in [1.54, 1.807) is 0 Å². The van der Waals surface area contributed by atoms with E-state index in [1.165, 1.54) is 24.3 Å². The van der Waals surface area contributed by atoms with Gasteiger partial charge in [0.25, 0.3) is 0 Å². The molecule has 10 nitrogen and oxygen atoms in total. The first-order chi connectivity index (χ1) is 13.2. The second-order valence-electron chi connectivity index (χ2n) is 6.29. The highest BCUT2D eigenvalue weighted by molar-refractivity contribution is 5.91. The molecule has 154 valence electrons. The molecule has 2 saturated heterocycles. The Labute approximate surface area is 162 Å². The number of hydrogen-bond donors (Lipinski definition) is 6. The van der Waals surface area contributed by atoms with Crippen molar-refractivity contribution in [3.8, 4) is 0 Å². The lowest BCUT2D eigenvalue weighted by atomic mass is 10.1. The Hall–Kier alpha value is -2.98. The molecule has 1 aromatic rings. The fourth-order valence-electron chi connectivity index (χ4n) is 2.61. The molecule has 0 spiro atoms. The fraction of sp³-hybridized carbons (Fsp3) is 0.444. The molecular weight excluding hydrogens is 368 g/mol. The fourth-order valence-corrected chi connectivity index (χ4v) is 2.61. The monoisotopic (exact) mass is 394 g/mol. The van der Waals surface area contributed by atoms with Crippen molar-refractivity contribution in [1.29, 1.82) is 0 Å². The quantitative estimate of drug-likeness (QED) is 0.395. The Morgan fingerprint density at radius 3 is 1.21 bits per heavy atom. The molecule has 0 aromatic heterocycles. The van der Waals surface area contributed by atoms with Crippen molar-refractivity contribution >= 4 is 23.8 Å². The number of rotatable bonds is 4. The SMILES string of the molecule is NC(=O)[C@@H]1CCCN1.NC(=O)[C@@H]1CCCN1.O=C(O)c1ccc(C(=O)O)cc1. The van der Waals surface area contributed by atoms with Crippen LogP contribution in [0.2, 0.25) is 0 Å². The molecule has 3 rings (SSSR count). The third-order valence-corrected chi connectivity index (χ3v) is 4.19. The zero-order valence-electron chi connectivity index (χ0n) is 15.4. The Bertz CT molecular complexity index is 621. The lowest BCUT2D eigenvalue weighted by Crippen LogP contribution is -2.36. The molecule has 28 heavy (non-hydrogen) atoms. The molecule has 8 N–H and O–H groups in total. The van der Waals surface area contributed by atoms with Gasteiger partial charge in [-0.2, -0.15) is 0 Å². The van der Waals surface area contributed by atoms with Gasteiger partial charge in [-0.05, 0) is 63.0 Å². The van der Waals surface area contributed by atoms with Gasteiger partial charge in [-0.1, -0.05) is 0 Å². The summed E-state index contributed by atoms with van der Waals surface area (Å²) >= 11 is 0. The van der Waals surface area contributed by atoms with Gasteiger partial charge in [0, 0.05) is 0 Å². The van der Waals surface area contributed by atoms with Gasteiger partial charge in [-0.3, -0.25) is 9.59 Å². The molecule has 0 unspecified atom stereocenters. The van der Waals surface area contributed by atoms with E-state index in [0.717, 1.165) is 38.8 Å². The Kier molecular flexibility index (Phi) is 9.61. The molecule has 0 saturated carbocycles. The minimum atomic E-state index is -1.06. The summed E-state index contributed by atoms with van der Waals surface area (Å²) in [6.45, 7) is 1.88. The Morgan fingerprint density at radius 2 is 1.07 bits per heavy atom. The van der Waals surface area contributed by atoms with Crippen molar-refractivity contribution in [2.75, 3.05) is 13.1 Å². The van der Waals surface area contributed by atoms with E-state index in [4.69, 9.17) is 21.7 Å². The van der Waals surface area contributed by atoms with Crippen LogP contribution in [-0.2, 0) is 9.59 Å². The van der Waals surface area contributed by atoms with Gasteiger partial charge in [-0.15, -0.1) is 0 Å². The van der Waals surface area contributed by atoms with E-state index in [-0.39, 0.29) is 35.0 Å². The van der Waals surface area contributed by atoms with E-state index in [1.807, 2.05) is 0 Å². The first-order valence-corrected chi connectivity index (χ1v) is 8.84. The zero-order valence-corrected chi connectivity index (χ0v) is 15.4. The molecule has 0 bridgehead atoms. The number of nitrogens with two attached hydrogens (primary N) is 2. The normalized spacial score (nSPS) is 20.1. The lowest BCUT2D eigenvalue weighted by Gasteiger charge is -2.01. The number of carboxylic acids is 2. The van der Waals surface area contributed by atoms with Crippen LogP contribution in [0.25, 0.3) is 0 Å². The van der Waals surface area contributed by atoms with Crippen LogP contribution in [0.4, 0.5) is 0 Å². The van der Waals surface area contributed by atoms with Gasteiger partial charge < -0.3 is 32.3 Å². The molecule has 1 aromatic carbocycles. The predicted octanol–water partition coefficient (Wildman–Crippen LogP) is -0.470. The zero-order chi connectivity index (χ0) is 21.1. The highest BCUT2D eigenvalue weighted by Gasteiger charge is 2.18. The Morgan fingerprint density at radius 1 is 0.750 bits per heavy atom. The van der Waals surface area contributed by atoms with Crippen molar-refractivity contribution in [2.24, 2.45) is 11.5 Å². The molecule has 0 radical (unpaired) electrons. The topological polar surface area (TPSA) is 185 Å². The molecular formula is C18H26N4O6. The molecule has 2 fully saturated rings. The van der Waals surface area contributed by atoms with Crippen LogP contribution >= 0.6 is 0 Å². The van der Waals surface area contributed by atoms with E-state index in [9.17, 15) is 19.2 Å². The van der Waals surface area contributed by atoms with Crippen molar-refractivity contribution < 1.29 is 29.4 Å². The van der Waals surface area contributed by atoms with Gasteiger partial charge in [0.2, 0.25) is 11.8 Å². The van der Waals surface area contributed by atoms with E-state index in [2.05, 4.69) is 10.6 Å². The summed E-state index contributed by atoms with van der Waals surface area (Å²) in [6.07, 6.45) is 3.98. The number of primary amides is 2. The number of carbonyl (C=O) groups excluding carboxylic acids is 2. The summed E-state index contributed by atoms with van der Waals surface area (Å²) in [5, 5.41) is 22.9. The van der Waals surface area contributed by atoms with E-state index in [0.29, 0.717) is 0 Å². The lowest BCUT2D eigenvalue weighted by molar-refractivity contribution is -0.120. The second-order valence-corrected chi connectivity index (χ2v) is 6.29. The van der Waals surface area contributed by atoms with Crippen LogP contribution in [0.3, 0.4) is 0 Å². The molecule has 0 aliphatic carbocycles. The first kappa shape index (κ1) is 23.1. The summed E-state index contributed by atoms with van der Waals surface area (Å²) < 4.78 is 0. The van der Waals surface area contributed by atoms with Crippen molar-refractivity contribution in [1.82, 2.24) is 10.6 Å². The standard InChI is InChI=1S/C8H6O4.2C5H10N2O/c9-7(10)5-1-2-6(4-3-5)8(11)12;2*6-5(8)4-2-1-3-7-4/h1-4H,(H,9,10)(H,11,12);2*4,7H,1-3H2,(H2,6,8)/t;2*4-/m.00/s1. The minimum Gasteiger partial charge on any atom is -0.478 e. The number of carboxylic acid groups (broad SMARTS) is 2. The number of benzene rings is 1. The highest BCUT2D eigenvalue weighted by atomic mass is 16.4. The van der Waals surface area contributed by atoms with Crippen LogP contribution in [0.5, 0.6) is 0 Å². The number of aromatic carboxylic acids is 2. The number of nitrogens with one attached hydrogen (secondary N) is 2. The van der Waals surface area contributed by atoms with Gasteiger partial charge in [0.15, 0.2) is 0 Å². The average Bonchev–Trinajstić information content (AvgIpc) is 3.36. The van der Waals surface area contributed by atoms with Crippen LogP contribution in [0.1, 0.15) is 46.4 Å². The van der Waals surface area contributed by atoms with Gasteiger partial charge >= 0.3 is 11.9 Å². The van der Waals surface area contributed by atoms with Crippen molar-refractivity contribution in [3.63, 3.8) is 0 Å². The van der Waals surface area contributed by atoms with Crippen LogP contribution in [0.15, 0.2) is 24.3 Å². The van der Waals surface area contributed by atoms with Gasteiger partial charge in [0.1, 0.15) is 0 Å². The minimum absolute atomic E-state index is 0.0463. The van der Waals surface area contributed by atoms with Crippen molar-refractivity contribution in [2.45, 2.75) is 37.8 Å². The largest absolute Gasteiger partial charge is 0.478 e. The molecule has 2 aliphatic heterocycles. The van der Waals surface area contributed by atoms with Crippen LogP contribution < -0.4 is 22.1 Å². The molecule has 10 heteroatoms. The summed E-state index contributed by atoms with van der Waals surface area (Å²) in [5.74, 6) is -2.57. The predicted molar refractivity (Wildman–Crippen MR) is 101 cm³/mol. The maximum Gasteiger partial charge on any atom is 0.335 e. The summed E-state index contributed by atoms with van der Waals surface area (Å²) in [7, 11) is 0. The first-order valence-electron chi connectivity index (χ1n) is 8.84. The van der Waals surface area contributed by atoms with Crippen LogP contribution in [0, 0.1) is 0 Å². The number of hydrogen-bond acceptors (Lipinski definition) is 6. The highest BCUT2D eigenvalue weighted by Crippen LogP contribution is 2.04. The van der Waals surface area contributed by atoms with E-state index < -0.39 is 11.9 Å². The summed E-state index contributed by atoms with van der Waals surface area (Å²) in [4.78, 5) is 41.4. The smallest absolute Gasteiger partial charge is 0.335 e. The summed E-state index contributed by atoms with van der Waals surface area (Å²) in [5.41, 5.74) is 10.2. The maximum atomic E-state index is 10.4. The Balaban J connectivity index is 0.000000217. The molecule has 2 atom stereocenters. The third-order valence-electron chi connectivity index (χ3n) is 4.19. The molecule has 2 amide bonds. The van der Waals surface area contributed by atoms with Gasteiger partial charge in [0.05, 0.1) is 23.2 Å². The number of carbonyl (C=O) groups is 4. The van der Waals surface area contributed by atoms with Crippen LogP contribution in [-0.4, -0.2) is 59.1 Å². The molecule has 2 heterocycles. The maximum absolute atomic E-state index is 10.4. The average molecular weight is 394 g/mol. The second kappa shape index (κ2) is 11.7. The van der Waals surface area contributed by atoms with E-state index >= 15 is 0 Å². The van der Waals surface area contributed by atoms with Crippen molar-refractivity contribution in [3.05, 3.63) is 35.4 Å². The third kappa shape index (κ3) is 8.14. The molecule has 2 aliphatic rings. The summed E-state index contributed by atoms with van der Waals surface area (Å²) in [6, 6.07) is 4.93. The number of amides is 2. The van der Waals surface area contributed by atoms with Gasteiger partial charge in [-0.25, -0.2) is 9.59 Å².